The van der Waals surface area contributed by atoms with Gasteiger partial charge in [-0.15, -0.1) is 0 Å². The average Bonchev–Trinajstić information content (AvgIpc) is 3.28. The minimum atomic E-state index is -4.02. The SMILES string of the molecule is Cc1ccc(S(=O)(=O)n2cc(-c3nc(Cl)nc4cn(C)nc34)c3cc(Br)c(F)cc32)cc1. The lowest BCUT2D eigenvalue weighted by atomic mass is 10.1. The van der Waals surface area contributed by atoms with Crippen LogP contribution in [0.4, 0.5) is 4.39 Å². The molecule has 32 heavy (non-hydrogen) atoms. The molecule has 2 aromatic carbocycles. The fourth-order valence-electron chi connectivity index (χ4n) is 3.59. The molecular weight excluding hydrogens is 521 g/mol. The second-order valence-electron chi connectivity index (χ2n) is 7.32. The van der Waals surface area contributed by atoms with Crippen molar-refractivity contribution in [1.82, 2.24) is 23.7 Å². The number of nitrogens with zero attached hydrogens (tertiary/aromatic N) is 5. The van der Waals surface area contributed by atoms with Crippen molar-refractivity contribution >= 4 is 59.5 Å². The van der Waals surface area contributed by atoms with Crippen LogP contribution in [0.15, 0.2) is 58.2 Å². The third-order valence-electron chi connectivity index (χ3n) is 5.10. The Morgan fingerprint density at radius 1 is 1.09 bits per heavy atom. The fourth-order valence-corrected chi connectivity index (χ4v) is 5.47. The van der Waals surface area contributed by atoms with Crippen LogP contribution in [-0.2, 0) is 17.1 Å². The molecule has 0 fully saturated rings. The van der Waals surface area contributed by atoms with Crippen LogP contribution in [0.1, 0.15) is 5.56 Å². The maximum atomic E-state index is 14.5. The first kappa shape index (κ1) is 21.0. The highest BCUT2D eigenvalue weighted by Crippen LogP contribution is 2.37. The molecule has 3 aromatic heterocycles. The van der Waals surface area contributed by atoms with E-state index in [0.29, 0.717) is 27.7 Å². The highest BCUT2D eigenvalue weighted by molar-refractivity contribution is 9.10. The summed E-state index contributed by atoms with van der Waals surface area (Å²) in [6.07, 6.45) is 3.10. The summed E-state index contributed by atoms with van der Waals surface area (Å²) in [6, 6.07) is 9.14. The van der Waals surface area contributed by atoms with Crippen LogP contribution in [0.2, 0.25) is 5.28 Å². The largest absolute Gasteiger partial charge is 0.273 e. The van der Waals surface area contributed by atoms with Crippen molar-refractivity contribution in [2.24, 2.45) is 7.05 Å². The van der Waals surface area contributed by atoms with E-state index in [0.717, 1.165) is 9.54 Å². The normalized spacial score (nSPS) is 12.2. The number of aromatic nitrogens is 5. The van der Waals surface area contributed by atoms with Crippen LogP contribution in [0.25, 0.3) is 33.2 Å². The summed E-state index contributed by atoms with van der Waals surface area (Å²) in [6.45, 7) is 1.86. The zero-order valence-electron chi connectivity index (χ0n) is 16.7. The molecule has 3 heterocycles. The van der Waals surface area contributed by atoms with Crippen molar-refractivity contribution < 1.29 is 12.8 Å². The molecule has 0 bridgehead atoms. The monoisotopic (exact) mass is 533 g/mol. The van der Waals surface area contributed by atoms with Crippen LogP contribution >= 0.6 is 27.5 Å². The molecule has 11 heteroatoms. The maximum absolute atomic E-state index is 14.5. The van der Waals surface area contributed by atoms with E-state index in [-0.39, 0.29) is 20.2 Å². The van der Waals surface area contributed by atoms with Crippen LogP contribution in [-0.4, -0.2) is 32.1 Å². The Labute approximate surface area is 195 Å². The van der Waals surface area contributed by atoms with Gasteiger partial charge in [-0.05, 0) is 52.7 Å². The molecule has 5 aromatic rings. The van der Waals surface area contributed by atoms with Gasteiger partial charge in [0.05, 0.1) is 21.1 Å². The van der Waals surface area contributed by atoms with Gasteiger partial charge in [0.2, 0.25) is 5.28 Å². The van der Waals surface area contributed by atoms with E-state index in [1.165, 1.54) is 30.5 Å². The van der Waals surface area contributed by atoms with Gasteiger partial charge in [-0.25, -0.2) is 26.7 Å². The lowest BCUT2D eigenvalue weighted by Gasteiger charge is -2.08. The number of hydrogen-bond acceptors (Lipinski definition) is 5. The van der Waals surface area contributed by atoms with Crippen molar-refractivity contribution in [3.63, 3.8) is 0 Å². The van der Waals surface area contributed by atoms with Crippen LogP contribution in [0.5, 0.6) is 0 Å². The third-order valence-corrected chi connectivity index (χ3v) is 7.56. The van der Waals surface area contributed by atoms with Gasteiger partial charge in [0, 0.05) is 30.3 Å². The van der Waals surface area contributed by atoms with Crippen molar-refractivity contribution in [1.29, 1.82) is 0 Å². The van der Waals surface area contributed by atoms with Gasteiger partial charge < -0.3 is 0 Å². The first-order valence-electron chi connectivity index (χ1n) is 9.35. The molecule has 0 atom stereocenters. The lowest BCUT2D eigenvalue weighted by Crippen LogP contribution is -2.12. The van der Waals surface area contributed by atoms with E-state index in [2.05, 4.69) is 31.0 Å². The molecule has 0 radical (unpaired) electrons. The Balaban J connectivity index is 1.87. The predicted molar refractivity (Wildman–Crippen MR) is 124 cm³/mol. The number of rotatable bonds is 3. The number of halogens is 3. The molecule has 162 valence electrons. The molecule has 0 N–H and O–H groups in total. The first-order chi connectivity index (χ1) is 15.1. The minimum Gasteiger partial charge on any atom is -0.273 e. The van der Waals surface area contributed by atoms with E-state index < -0.39 is 15.8 Å². The van der Waals surface area contributed by atoms with E-state index in [9.17, 15) is 12.8 Å². The number of benzene rings is 2. The van der Waals surface area contributed by atoms with Crippen LogP contribution < -0.4 is 0 Å². The summed E-state index contributed by atoms with van der Waals surface area (Å²) in [7, 11) is -2.29. The summed E-state index contributed by atoms with van der Waals surface area (Å²) < 4.78 is 44.3. The highest BCUT2D eigenvalue weighted by Gasteiger charge is 2.25. The molecule has 0 aliphatic heterocycles. The van der Waals surface area contributed by atoms with Gasteiger partial charge in [0.15, 0.2) is 0 Å². The van der Waals surface area contributed by atoms with E-state index in [1.807, 2.05) is 6.92 Å². The molecule has 0 unspecified atom stereocenters. The van der Waals surface area contributed by atoms with Crippen molar-refractivity contribution in [2.45, 2.75) is 11.8 Å². The fraction of sp³-hybridized carbons (Fsp3) is 0.0952. The van der Waals surface area contributed by atoms with Gasteiger partial charge in [-0.3, -0.25) is 4.68 Å². The van der Waals surface area contributed by atoms with Crippen LogP contribution in [0.3, 0.4) is 0 Å². The molecule has 7 nitrogen and oxygen atoms in total. The molecule has 0 aliphatic rings. The van der Waals surface area contributed by atoms with Gasteiger partial charge in [-0.2, -0.15) is 5.10 Å². The summed E-state index contributed by atoms with van der Waals surface area (Å²) in [5.41, 5.74) is 2.83. The predicted octanol–water partition coefficient (Wildman–Crippen LogP) is 5.09. The van der Waals surface area contributed by atoms with E-state index in [4.69, 9.17) is 11.6 Å². The van der Waals surface area contributed by atoms with Gasteiger partial charge in [0.1, 0.15) is 22.5 Å². The van der Waals surface area contributed by atoms with Gasteiger partial charge in [-0.1, -0.05) is 17.7 Å². The summed E-state index contributed by atoms with van der Waals surface area (Å²) in [5, 5.41) is 4.86. The quantitative estimate of drug-likeness (QED) is 0.301. The zero-order valence-corrected chi connectivity index (χ0v) is 19.9. The zero-order chi connectivity index (χ0) is 22.8. The second-order valence-corrected chi connectivity index (χ2v) is 10.3. The molecular formula is C21H14BrClFN5O2S. The Hall–Kier alpha value is -2.82. The maximum Gasteiger partial charge on any atom is 0.268 e. The van der Waals surface area contributed by atoms with Gasteiger partial charge >= 0.3 is 0 Å². The third kappa shape index (κ3) is 3.30. The molecule has 0 aliphatic carbocycles. The molecule has 0 saturated carbocycles. The second kappa shape index (κ2) is 7.36. The number of fused-ring (bicyclic) bond motifs is 2. The van der Waals surface area contributed by atoms with Gasteiger partial charge in [0.25, 0.3) is 10.0 Å². The lowest BCUT2D eigenvalue weighted by molar-refractivity contribution is 0.589. The first-order valence-corrected chi connectivity index (χ1v) is 12.0. The smallest absolute Gasteiger partial charge is 0.268 e. The Morgan fingerprint density at radius 2 is 1.81 bits per heavy atom. The van der Waals surface area contributed by atoms with Crippen molar-refractivity contribution in [2.75, 3.05) is 0 Å². The molecule has 0 spiro atoms. The van der Waals surface area contributed by atoms with E-state index in [1.54, 1.807) is 30.1 Å². The van der Waals surface area contributed by atoms with E-state index >= 15 is 0 Å². The molecule has 0 amide bonds. The molecule has 0 saturated heterocycles. The van der Waals surface area contributed by atoms with Crippen molar-refractivity contribution in [3.05, 3.63) is 69.9 Å². The average molecular weight is 535 g/mol. The topological polar surface area (TPSA) is 82.7 Å². The highest BCUT2D eigenvalue weighted by atomic mass is 79.9. The standard InChI is InChI=1S/C21H14BrClFN5O2S/c1-11-3-5-12(6-4-11)32(30,31)29-9-14(13-7-15(22)16(24)8-18(13)29)19-20-17(10-28(2)27-20)25-21(23)26-19/h3-10H,1-2H3. The summed E-state index contributed by atoms with van der Waals surface area (Å²) in [5.74, 6) is -0.591. The minimum absolute atomic E-state index is 0.0102. The number of aryl methyl sites for hydroxylation is 2. The Kier molecular flexibility index (Phi) is 4.84. The number of hydrogen-bond donors (Lipinski definition) is 0. The Morgan fingerprint density at radius 3 is 2.53 bits per heavy atom. The summed E-state index contributed by atoms with van der Waals surface area (Å²) >= 11 is 9.34. The van der Waals surface area contributed by atoms with Crippen molar-refractivity contribution in [3.8, 4) is 11.3 Å². The van der Waals surface area contributed by atoms with Crippen LogP contribution in [0, 0.1) is 12.7 Å². The molecule has 5 rings (SSSR count). The summed E-state index contributed by atoms with van der Waals surface area (Å²) in [4.78, 5) is 8.59. The Bertz CT molecular complexity index is 1650.